The van der Waals surface area contributed by atoms with Crippen molar-refractivity contribution in [2.24, 2.45) is 7.05 Å². The topological polar surface area (TPSA) is 108 Å². The molecule has 6 aromatic rings. The van der Waals surface area contributed by atoms with Gasteiger partial charge in [-0.15, -0.1) is 10.2 Å². The maximum Gasteiger partial charge on any atom is 0.244 e. The van der Waals surface area contributed by atoms with Crippen molar-refractivity contribution in [2.75, 3.05) is 0 Å². The quantitative estimate of drug-likeness (QED) is 0.313. The molecule has 194 valence electrons. The van der Waals surface area contributed by atoms with Crippen molar-refractivity contribution in [3.8, 4) is 28.9 Å². The molecule has 1 unspecified atom stereocenters. The van der Waals surface area contributed by atoms with Gasteiger partial charge in [-0.05, 0) is 43.2 Å². The zero-order chi connectivity index (χ0) is 26.7. The van der Waals surface area contributed by atoms with Crippen LogP contribution in [0.1, 0.15) is 39.4 Å². The molecule has 1 aliphatic rings. The van der Waals surface area contributed by atoms with Crippen molar-refractivity contribution >= 4 is 17.2 Å². The minimum atomic E-state index is -0.208. The molecule has 0 radical (unpaired) electrons. The number of nitrogens with zero attached hydrogens (tertiary/aromatic N) is 7. The highest BCUT2D eigenvalue weighted by Crippen LogP contribution is 2.48. The van der Waals surface area contributed by atoms with Crippen molar-refractivity contribution in [1.29, 1.82) is 0 Å². The second-order valence-corrected chi connectivity index (χ2v) is 10.0. The lowest BCUT2D eigenvalue weighted by Crippen LogP contribution is -2.14. The Labute approximate surface area is 228 Å². The van der Waals surface area contributed by atoms with Gasteiger partial charge in [0.1, 0.15) is 18.7 Å². The van der Waals surface area contributed by atoms with Gasteiger partial charge >= 0.3 is 0 Å². The summed E-state index contributed by atoms with van der Waals surface area (Å²) in [5.41, 5.74) is 7.23. The van der Waals surface area contributed by atoms with E-state index in [9.17, 15) is 0 Å². The molecule has 0 saturated carbocycles. The van der Waals surface area contributed by atoms with Gasteiger partial charge in [-0.1, -0.05) is 35.9 Å². The molecule has 0 amide bonds. The molecule has 0 bridgehead atoms. The van der Waals surface area contributed by atoms with E-state index in [1.54, 1.807) is 15.5 Å². The van der Waals surface area contributed by atoms with Gasteiger partial charge in [-0.25, -0.2) is 14.5 Å². The Hall–Kier alpha value is -4.70. The summed E-state index contributed by atoms with van der Waals surface area (Å²) in [4.78, 5) is 9.49. The predicted molar refractivity (Wildman–Crippen MR) is 144 cm³/mol. The average Bonchev–Trinajstić information content (AvgIpc) is 3.67. The van der Waals surface area contributed by atoms with Crippen LogP contribution in [0.15, 0.2) is 61.2 Å². The zero-order valence-corrected chi connectivity index (χ0v) is 22.1. The molecule has 7 rings (SSSR count). The van der Waals surface area contributed by atoms with Crippen molar-refractivity contribution < 1.29 is 9.47 Å². The smallest absolute Gasteiger partial charge is 0.244 e. The molecule has 2 aromatic carbocycles. The van der Waals surface area contributed by atoms with E-state index in [0.717, 1.165) is 49.8 Å². The van der Waals surface area contributed by atoms with Crippen LogP contribution >= 0.6 is 11.6 Å². The molecule has 0 saturated heterocycles. The van der Waals surface area contributed by atoms with E-state index in [4.69, 9.17) is 31.2 Å². The highest BCUT2D eigenvalue weighted by molar-refractivity contribution is 6.31. The summed E-state index contributed by atoms with van der Waals surface area (Å²) in [6.45, 7) is 4.37. The van der Waals surface area contributed by atoms with E-state index >= 15 is 0 Å². The highest BCUT2D eigenvalue weighted by atomic mass is 35.5. The summed E-state index contributed by atoms with van der Waals surface area (Å²) in [7, 11) is 1.89. The maximum atomic E-state index is 6.12. The summed E-state index contributed by atoms with van der Waals surface area (Å²) < 4.78 is 15.5. The molecule has 4 aromatic heterocycles. The normalized spacial score (nSPS) is 14.2. The van der Waals surface area contributed by atoms with Gasteiger partial charge in [-0.3, -0.25) is 9.78 Å². The van der Waals surface area contributed by atoms with Crippen molar-refractivity contribution in [3.05, 3.63) is 99.7 Å². The van der Waals surface area contributed by atoms with Crippen LogP contribution in [-0.4, -0.2) is 39.6 Å². The van der Waals surface area contributed by atoms with Gasteiger partial charge in [0.05, 0.1) is 17.7 Å². The molecule has 5 heterocycles. The fourth-order valence-corrected chi connectivity index (χ4v) is 5.05. The van der Waals surface area contributed by atoms with Crippen molar-refractivity contribution in [2.45, 2.75) is 26.4 Å². The molecule has 0 spiro atoms. The molecule has 10 nitrogen and oxygen atoms in total. The number of aromatic amines is 1. The van der Waals surface area contributed by atoms with Crippen LogP contribution in [0.3, 0.4) is 0 Å². The maximum absolute atomic E-state index is 6.12. The number of benzene rings is 2. The second kappa shape index (κ2) is 8.95. The number of hydrogen-bond acceptors (Lipinski definition) is 7. The van der Waals surface area contributed by atoms with Gasteiger partial charge in [-0.2, -0.15) is 5.10 Å². The second-order valence-electron chi connectivity index (χ2n) is 9.61. The summed E-state index contributed by atoms with van der Waals surface area (Å²) in [5, 5.41) is 17.2. The van der Waals surface area contributed by atoms with E-state index in [0.29, 0.717) is 29.8 Å². The molecule has 11 heteroatoms. The number of rotatable bonds is 5. The first kappa shape index (κ1) is 23.4. The SMILES string of the molecule is Cc1cc(OCc2ccc(-c3nc4c5c(ncn4n3)Oc3n[nH]c(C)c3C5c3cnn(C)c3)cc2)ccc1Cl. The first-order valence-electron chi connectivity index (χ1n) is 12.4. The first-order valence-corrected chi connectivity index (χ1v) is 12.8. The molecular formula is C28H23ClN8O2. The molecule has 1 aliphatic heterocycles. The number of fused-ring (bicyclic) bond motifs is 4. The molecular weight excluding hydrogens is 516 g/mol. The van der Waals surface area contributed by atoms with Crippen molar-refractivity contribution in [3.63, 3.8) is 0 Å². The third kappa shape index (κ3) is 4.00. The lowest BCUT2D eigenvalue weighted by molar-refractivity contribution is 0.306. The largest absolute Gasteiger partial charge is 0.489 e. The van der Waals surface area contributed by atoms with E-state index in [2.05, 4.69) is 20.3 Å². The number of nitrogens with one attached hydrogen (secondary N) is 1. The van der Waals surface area contributed by atoms with Crippen LogP contribution in [0.5, 0.6) is 17.5 Å². The molecule has 1 N–H and O–H groups in total. The third-order valence-corrected chi connectivity index (χ3v) is 7.35. The van der Waals surface area contributed by atoms with Crippen LogP contribution in [0.25, 0.3) is 17.0 Å². The van der Waals surface area contributed by atoms with Crippen LogP contribution < -0.4 is 9.47 Å². The van der Waals surface area contributed by atoms with Gasteiger partial charge in [0.2, 0.25) is 11.8 Å². The fraction of sp³-hybridized carbons (Fsp3) is 0.179. The Morgan fingerprint density at radius 3 is 2.69 bits per heavy atom. The highest BCUT2D eigenvalue weighted by Gasteiger charge is 2.37. The summed E-state index contributed by atoms with van der Waals surface area (Å²) in [6, 6.07) is 13.7. The average molecular weight is 539 g/mol. The number of aryl methyl sites for hydroxylation is 3. The van der Waals surface area contributed by atoms with E-state index in [1.807, 2.05) is 75.8 Å². The summed E-state index contributed by atoms with van der Waals surface area (Å²) in [5.74, 6) is 2.13. The lowest BCUT2D eigenvalue weighted by atomic mass is 9.86. The monoisotopic (exact) mass is 538 g/mol. The first-order chi connectivity index (χ1) is 18.9. The van der Waals surface area contributed by atoms with Crippen molar-refractivity contribution in [1.82, 2.24) is 39.6 Å². The number of hydrogen-bond donors (Lipinski definition) is 1. The Bertz CT molecular complexity index is 1850. The number of H-pyrrole nitrogens is 1. The van der Waals surface area contributed by atoms with E-state index in [-0.39, 0.29) is 5.92 Å². The van der Waals surface area contributed by atoms with Crippen LogP contribution in [-0.2, 0) is 13.7 Å². The standard InChI is InChI=1S/C28H23ClN8O2/c1-15-10-20(8-9-21(15)29)38-13-17-4-6-18(7-5-17)25-32-26-24-23(19-11-31-36(3)12-19)22-16(2)33-34-28(22)39-27(24)30-14-37(26)35-25/h4-12,14,23H,13H2,1-3H3,(H,33,34). The van der Waals surface area contributed by atoms with E-state index < -0.39 is 0 Å². The predicted octanol–water partition coefficient (Wildman–Crippen LogP) is 5.38. The Kier molecular flexibility index (Phi) is 5.38. The molecule has 0 aliphatic carbocycles. The van der Waals surface area contributed by atoms with Gasteiger partial charge in [0.25, 0.3) is 0 Å². The van der Waals surface area contributed by atoms with Crippen LogP contribution in [0, 0.1) is 13.8 Å². The Balaban J connectivity index is 1.23. The number of ether oxygens (including phenoxy) is 2. The summed E-state index contributed by atoms with van der Waals surface area (Å²) in [6.07, 6.45) is 5.46. The number of aromatic nitrogens is 8. The van der Waals surface area contributed by atoms with Gasteiger partial charge in [0, 0.05) is 40.7 Å². The van der Waals surface area contributed by atoms with Crippen LogP contribution in [0.4, 0.5) is 0 Å². The number of halogens is 1. The minimum absolute atomic E-state index is 0.208. The zero-order valence-electron chi connectivity index (χ0n) is 21.4. The molecule has 1 atom stereocenters. The Morgan fingerprint density at radius 1 is 1.08 bits per heavy atom. The third-order valence-electron chi connectivity index (χ3n) is 6.92. The Morgan fingerprint density at radius 2 is 1.92 bits per heavy atom. The van der Waals surface area contributed by atoms with Crippen LogP contribution in [0.2, 0.25) is 5.02 Å². The molecule has 0 fully saturated rings. The minimum Gasteiger partial charge on any atom is -0.489 e. The lowest BCUT2D eigenvalue weighted by Gasteiger charge is -2.24. The summed E-state index contributed by atoms with van der Waals surface area (Å²) >= 11 is 6.12. The molecule has 39 heavy (non-hydrogen) atoms. The van der Waals surface area contributed by atoms with Gasteiger partial charge < -0.3 is 9.47 Å². The fourth-order valence-electron chi connectivity index (χ4n) is 4.93. The van der Waals surface area contributed by atoms with E-state index in [1.165, 1.54) is 0 Å². The van der Waals surface area contributed by atoms with Gasteiger partial charge in [0.15, 0.2) is 11.5 Å².